The minimum absolute atomic E-state index is 0.0867. The van der Waals surface area contributed by atoms with Crippen LogP contribution in [0, 0.1) is 5.92 Å². The van der Waals surface area contributed by atoms with Crippen LogP contribution >= 0.6 is 11.6 Å². The summed E-state index contributed by atoms with van der Waals surface area (Å²) in [5.41, 5.74) is 0.857. The summed E-state index contributed by atoms with van der Waals surface area (Å²) in [7, 11) is 2.03. The van der Waals surface area contributed by atoms with Gasteiger partial charge in [-0.1, -0.05) is 23.7 Å². The monoisotopic (exact) mass is 691 g/mol. The van der Waals surface area contributed by atoms with Gasteiger partial charge < -0.3 is 24.3 Å². The average molecular weight is 692 g/mol. The van der Waals surface area contributed by atoms with Gasteiger partial charge in [0, 0.05) is 87.8 Å². The molecule has 266 valence electrons. The van der Waals surface area contributed by atoms with Crippen molar-refractivity contribution in [3.63, 3.8) is 0 Å². The zero-order valence-electron chi connectivity index (χ0n) is 28.9. The number of piperazine rings is 1. The van der Waals surface area contributed by atoms with Crippen LogP contribution in [0.3, 0.4) is 0 Å². The summed E-state index contributed by atoms with van der Waals surface area (Å²) in [5.74, 6) is -3.61. The van der Waals surface area contributed by atoms with Gasteiger partial charge in [0.1, 0.15) is 12.1 Å². The first kappa shape index (κ1) is 35.5. The van der Waals surface area contributed by atoms with E-state index in [0.717, 1.165) is 25.1 Å². The molecule has 48 heavy (non-hydrogen) atoms. The molecule has 6 rings (SSSR count). The fourth-order valence-electron chi connectivity index (χ4n) is 8.49. The Morgan fingerprint density at radius 3 is 2.19 bits per heavy atom. The standard InChI is InChI=1S/C36H52ClF2N5O4/c1-35(2,3)42-22-28(24-7-9-25(37)10-8-24)29(23-42)32(45)43-21-27(20-30(43)33(46)41-17-15-40(4)16-18-41)44(34(47)31-6-5-19-48-31)26-11-13-36(38,39)14-12-26/h7-10,26-31H,5-6,11-23H2,1-4H3/t27?,28-,29+,30?,31-/m0/s1. The van der Waals surface area contributed by atoms with E-state index in [2.05, 4.69) is 30.6 Å². The number of amides is 3. The van der Waals surface area contributed by atoms with E-state index in [1.165, 1.54) is 0 Å². The molecule has 0 spiro atoms. The van der Waals surface area contributed by atoms with Gasteiger partial charge in [-0.25, -0.2) is 8.78 Å². The lowest BCUT2D eigenvalue weighted by molar-refractivity contribution is -0.150. The molecule has 4 aliphatic heterocycles. The predicted molar refractivity (Wildman–Crippen MR) is 180 cm³/mol. The molecule has 12 heteroatoms. The normalized spacial score (nSPS) is 30.6. The smallest absolute Gasteiger partial charge is 0.252 e. The number of halogens is 3. The molecular weight excluding hydrogens is 640 g/mol. The van der Waals surface area contributed by atoms with Crippen LogP contribution < -0.4 is 0 Å². The highest BCUT2D eigenvalue weighted by Crippen LogP contribution is 2.41. The molecule has 1 saturated carbocycles. The Labute approximate surface area is 288 Å². The molecular formula is C36H52ClF2N5O4. The number of hydrogen-bond acceptors (Lipinski definition) is 6. The van der Waals surface area contributed by atoms with E-state index in [1.54, 1.807) is 9.80 Å². The Morgan fingerprint density at radius 2 is 1.58 bits per heavy atom. The van der Waals surface area contributed by atoms with Crippen molar-refractivity contribution in [2.75, 3.05) is 59.5 Å². The molecule has 1 aliphatic carbocycles. The van der Waals surface area contributed by atoms with Crippen LogP contribution in [0.5, 0.6) is 0 Å². The first-order valence-corrected chi connectivity index (χ1v) is 18.2. The van der Waals surface area contributed by atoms with Crippen molar-refractivity contribution in [2.45, 2.75) is 107 Å². The van der Waals surface area contributed by atoms with Gasteiger partial charge in [-0.2, -0.15) is 0 Å². The van der Waals surface area contributed by atoms with E-state index in [1.807, 2.05) is 36.2 Å². The topological polar surface area (TPSA) is 76.6 Å². The van der Waals surface area contributed by atoms with Gasteiger partial charge in [-0.05, 0) is 77.6 Å². The second kappa shape index (κ2) is 14.1. The summed E-state index contributed by atoms with van der Waals surface area (Å²) >= 11 is 6.24. The average Bonchev–Trinajstić information content (AvgIpc) is 3.82. The van der Waals surface area contributed by atoms with Crippen LogP contribution in [0.15, 0.2) is 24.3 Å². The van der Waals surface area contributed by atoms with Crippen LogP contribution in [0.1, 0.15) is 77.2 Å². The number of benzene rings is 1. The first-order chi connectivity index (χ1) is 22.7. The number of carbonyl (C=O) groups is 3. The number of likely N-dealkylation sites (tertiary alicyclic amines) is 2. The Hall–Kier alpha value is -2.34. The molecule has 4 heterocycles. The first-order valence-electron chi connectivity index (χ1n) is 17.8. The van der Waals surface area contributed by atoms with Crippen LogP contribution in [0.4, 0.5) is 8.78 Å². The summed E-state index contributed by atoms with van der Waals surface area (Å²) < 4.78 is 34.5. The van der Waals surface area contributed by atoms with Gasteiger partial charge in [0.25, 0.3) is 5.91 Å². The predicted octanol–water partition coefficient (Wildman–Crippen LogP) is 4.48. The van der Waals surface area contributed by atoms with Crippen molar-refractivity contribution in [3.8, 4) is 0 Å². The number of ether oxygens (including phenoxy) is 1. The molecule has 1 aromatic carbocycles. The fraction of sp³-hybridized carbons (Fsp3) is 0.750. The number of carbonyl (C=O) groups excluding carboxylic acids is 3. The second-order valence-electron chi connectivity index (χ2n) is 15.7. The maximum Gasteiger partial charge on any atom is 0.252 e. The van der Waals surface area contributed by atoms with Gasteiger partial charge in [-0.15, -0.1) is 0 Å². The molecule has 5 aliphatic rings. The molecule has 9 nitrogen and oxygen atoms in total. The minimum Gasteiger partial charge on any atom is -0.368 e. The number of hydrogen-bond donors (Lipinski definition) is 0. The molecule has 5 fully saturated rings. The molecule has 0 aromatic heterocycles. The lowest BCUT2D eigenvalue weighted by Crippen LogP contribution is -2.54. The third kappa shape index (κ3) is 7.54. The van der Waals surface area contributed by atoms with E-state index in [9.17, 15) is 23.2 Å². The maximum absolute atomic E-state index is 14.9. The van der Waals surface area contributed by atoms with Crippen LogP contribution in [0.2, 0.25) is 5.02 Å². The van der Waals surface area contributed by atoms with E-state index in [0.29, 0.717) is 50.7 Å². The summed E-state index contributed by atoms with van der Waals surface area (Å²) in [4.78, 5) is 53.3. The van der Waals surface area contributed by atoms with Crippen molar-refractivity contribution in [1.29, 1.82) is 0 Å². The Kier molecular flexibility index (Phi) is 10.4. The van der Waals surface area contributed by atoms with E-state index < -0.39 is 30.0 Å². The van der Waals surface area contributed by atoms with Crippen molar-refractivity contribution in [1.82, 2.24) is 24.5 Å². The largest absolute Gasteiger partial charge is 0.368 e. The highest BCUT2D eigenvalue weighted by atomic mass is 35.5. The van der Waals surface area contributed by atoms with Crippen molar-refractivity contribution in [2.24, 2.45) is 5.92 Å². The molecule has 0 bridgehead atoms. The number of nitrogens with zero attached hydrogens (tertiary/aromatic N) is 5. The van der Waals surface area contributed by atoms with Gasteiger partial charge in [0.2, 0.25) is 17.7 Å². The molecule has 1 aromatic rings. The van der Waals surface area contributed by atoms with Crippen molar-refractivity contribution >= 4 is 29.3 Å². The van der Waals surface area contributed by atoms with Crippen molar-refractivity contribution in [3.05, 3.63) is 34.9 Å². The van der Waals surface area contributed by atoms with Gasteiger partial charge in [-0.3, -0.25) is 19.3 Å². The van der Waals surface area contributed by atoms with E-state index in [4.69, 9.17) is 16.3 Å². The van der Waals surface area contributed by atoms with Gasteiger partial charge in [0.05, 0.1) is 12.0 Å². The summed E-state index contributed by atoms with van der Waals surface area (Å²) in [6.07, 6.45) is 0.857. The second-order valence-corrected chi connectivity index (χ2v) is 16.1. The Bertz CT molecular complexity index is 1320. The number of rotatable bonds is 6. The van der Waals surface area contributed by atoms with Crippen molar-refractivity contribution < 1.29 is 27.9 Å². The molecule has 5 atom stereocenters. The molecule has 2 unspecified atom stereocenters. The summed E-state index contributed by atoms with van der Waals surface area (Å²) in [5, 5.41) is 0.629. The SMILES string of the molecule is CN1CCN(C(=O)C2CC(N(C(=O)[C@@H]3CCCO3)C3CCC(F)(F)CC3)CN2C(=O)[C@@H]2CN(C(C)(C)C)C[C@H]2c2ccc(Cl)cc2)CC1. The lowest BCUT2D eigenvalue weighted by atomic mass is 9.87. The van der Waals surface area contributed by atoms with E-state index in [-0.39, 0.29) is 67.4 Å². The summed E-state index contributed by atoms with van der Waals surface area (Å²) in [6.45, 7) is 11.0. The Balaban J connectivity index is 1.33. The quantitative estimate of drug-likeness (QED) is 0.438. The maximum atomic E-state index is 14.9. The van der Waals surface area contributed by atoms with Gasteiger partial charge >= 0.3 is 0 Å². The lowest BCUT2D eigenvalue weighted by Gasteiger charge is -2.41. The molecule has 3 amide bonds. The minimum atomic E-state index is -2.75. The van der Waals surface area contributed by atoms with Crippen LogP contribution in [-0.4, -0.2) is 137 Å². The number of likely N-dealkylation sites (N-methyl/N-ethyl adjacent to an activating group) is 1. The Morgan fingerprint density at radius 1 is 0.917 bits per heavy atom. The number of alkyl halides is 2. The third-order valence-electron chi connectivity index (χ3n) is 11.5. The highest BCUT2D eigenvalue weighted by Gasteiger charge is 2.52. The third-order valence-corrected chi connectivity index (χ3v) is 11.7. The van der Waals surface area contributed by atoms with Crippen LogP contribution in [0.25, 0.3) is 0 Å². The highest BCUT2D eigenvalue weighted by molar-refractivity contribution is 6.30. The molecule has 0 radical (unpaired) electrons. The van der Waals surface area contributed by atoms with Crippen LogP contribution in [-0.2, 0) is 19.1 Å². The van der Waals surface area contributed by atoms with Gasteiger partial charge in [0.15, 0.2) is 0 Å². The molecule has 0 N–H and O–H groups in total. The molecule has 4 saturated heterocycles. The zero-order valence-corrected chi connectivity index (χ0v) is 29.6. The fourth-order valence-corrected chi connectivity index (χ4v) is 8.62. The van der Waals surface area contributed by atoms with E-state index >= 15 is 0 Å². The zero-order chi connectivity index (χ0) is 34.4. The summed E-state index contributed by atoms with van der Waals surface area (Å²) in [6, 6.07) is 6.10.